The quantitative estimate of drug-likeness (QED) is 0.644. The van der Waals surface area contributed by atoms with Crippen molar-refractivity contribution in [3.63, 3.8) is 0 Å². The van der Waals surface area contributed by atoms with E-state index in [1.54, 1.807) is 0 Å². The van der Waals surface area contributed by atoms with Crippen molar-refractivity contribution in [1.29, 1.82) is 0 Å². The Balaban J connectivity index is 1.99. The number of piperazine rings is 1. The van der Waals surface area contributed by atoms with Gasteiger partial charge in [0.05, 0.1) is 13.2 Å². The molecule has 1 saturated heterocycles. The summed E-state index contributed by atoms with van der Waals surface area (Å²) in [4.78, 5) is 13.4. The minimum absolute atomic E-state index is 0.0982. The third-order valence-electron chi connectivity index (χ3n) is 2.41. The third kappa shape index (κ3) is 7.46. The Hall–Kier alpha value is -0.860. The summed E-state index contributed by atoms with van der Waals surface area (Å²) in [5, 5.41) is 5.68. The predicted molar refractivity (Wildman–Crippen MR) is 59.2 cm³/mol. The van der Waals surface area contributed by atoms with E-state index in [1.165, 1.54) is 0 Å². The number of amides is 1. The minimum Gasteiger partial charge on any atom is -0.370 e. The molecule has 0 radical (unpaired) electrons. The van der Waals surface area contributed by atoms with Crippen LogP contribution in [0, 0.1) is 0 Å². The lowest BCUT2D eigenvalue weighted by atomic mass is 10.3. The van der Waals surface area contributed by atoms with Crippen molar-refractivity contribution in [1.82, 2.24) is 15.5 Å². The molecule has 1 aliphatic rings. The van der Waals surface area contributed by atoms with Gasteiger partial charge in [-0.2, -0.15) is 13.2 Å². The maximum atomic E-state index is 11.7. The number of ether oxygens (including phenoxy) is 1. The van der Waals surface area contributed by atoms with Gasteiger partial charge in [0.2, 0.25) is 5.91 Å². The van der Waals surface area contributed by atoms with E-state index in [1.807, 2.05) is 4.90 Å². The van der Waals surface area contributed by atoms with Crippen LogP contribution < -0.4 is 10.6 Å². The molecule has 1 amide bonds. The van der Waals surface area contributed by atoms with Gasteiger partial charge >= 0.3 is 6.18 Å². The summed E-state index contributed by atoms with van der Waals surface area (Å²) in [6.45, 7) is 2.27. The van der Waals surface area contributed by atoms with Crippen molar-refractivity contribution in [3.8, 4) is 0 Å². The maximum Gasteiger partial charge on any atom is 0.411 e. The first-order chi connectivity index (χ1) is 8.47. The highest BCUT2D eigenvalue weighted by molar-refractivity contribution is 5.77. The average molecular weight is 269 g/mol. The topological polar surface area (TPSA) is 53.6 Å². The largest absolute Gasteiger partial charge is 0.411 e. The van der Waals surface area contributed by atoms with Crippen molar-refractivity contribution in [2.45, 2.75) is 6.18 Å². The second-order valence-electron chi connectivity index (χ2n) is 4.04. The lowest BCUT2D eigenvalue weighted by Crippen LogP contribution is -2.47. The summed E-state index contributed by atoms with van der Waals surface area (Å²) in [5.74, 6) is -0.187. The molecule has 0 aromatic carbocycles. The van der Waals surface area contributed by atoms with E-state index >= 15 is 0 Å². The number of alkyl halides is 3. The molecule has 0 bridgehead atoms. The fraction of sp³-hybridized carbons (Fsp3) is 0.900. The zero-order valence-corrected chi connectivity index (χ0v) is 10.1. The van der Waals surface area contributed by atoms with Crippen LogP contribution >= 0.6 is 0 Å². The van der Waals surface area contributed by atoms with Crippen LogP contribution in [0.1, 0.15) is 0 Å². The molecule has 8 heteroatoms. The van der Waals surface area contributed by atoms with Crippen LogP contribution in [0.15, 0.2) is 0 Å². The van der Waals surface area contributed by atoms with Gasteiger partial charge in [0.1, 0.15) is 6.61 Å². The molecule has 0 unspecified atom stereocenters. The lowest BCUT2D eigenvalue weighted by molar-refractivity contribution is -0.173. The molecule has 1 aliphatic heterocycles. The third-order valence-corrected chi connectivity index (χ3v) is 2.41. The molecule has 5 nitrogen and oxygen atoms in total. The van der Waals surface area contributed by atoms with Crippen molar-refractivity contribution in [2.24, 2.45) is 0 Å². The summed E-state index contributed by atoms with van der Waals surface area (Å²) in [5.41, 5.74) is 0. The molecule has 1 heterocycles. The number of nitrogens with one attached hydrogen (secondary N) is 2. The number of carbonyl (C=O) groups excluding carboxylic acids is 1. The summed E-state index contributed by atoms with van der Waals surface area (Å²) in [7, 11) is 0. The van der Waals surface area contributed by atoms with Gasteiger partial charge in [-0.25, -0.2) is 0 Å². The van der Waals surface area contributed by atoms with Gasteiger partial charge in [0.25, 0.3) is 0 Å². The highest BCUT2D eigenvalue weighted by Crippen LogP contribution is 2.13. The molecular formula is C10H18F3N3O2. The van der Waals surface area contributed by atoms with Gasteiger partial charge in [-0.1, -0.05) is 0 Å². The first-order valence-electron chi connectivity index (χ1n) is 5.81. The molecular weight excluding hydrogens is 251 g/mol. The van der Waals surface area contributed by atoms with Crippen molar-refractivity contribution in [3.05, 3.63) is 0 Å². The molecule has 0 aromatic rings. The van der Waals surface area contributed by atoms with Gasteiger partial charge in [-0.05, 0) is 0 Å². The van der Waals surface area contributed by atoms with Gasteiger partial charge in [0.15, 0.2) is 0 Å². The molecule has 1 rings (SSSR count). The van der Waals surface area contributed by atoms with Crippen LogP contribution in [0.3, 0.4) is 0 Å². The van der Waals surface area contributed by atoms with Crippen LogP contribution in [0.2, 0.25) is 0 Å². The van der Waals surface area contributed by atoms with Gasteiger partial charge in [0, 0.05) is 32.7 Å². The second-order valence-corrected chi connectivity index (χ2v) is 4.04. The second kappa shape index (κ2) is 7.55. The van der Waals surface area contributed by atoms with Crippen LogP contribution in [-0.4, -0.2) is 69.5 Å². The molecule has 18 heavy (non-hydrogen) atoms. The summed E-state index contributed by atoms with van der Waals surface area (Å²) in [6.07, 6.45) is -4.31. The minimum atomic E-state index is -4.31. The number of hydrogen-bond donors (Lipinski definition) is 2. The van der Waals surface area contributed by atoms with Gasteiger partial charge < -0.3 is 15.4 Å². The Morgan fingerprint density at radius 1 is 1.33 bits per heavy atom. The van der Waals surface area contributed by atoms with E-state index in [4.69, 9.17) is 0 Å². The lowest BCUT2D eigenvalue weighted by Gasteiger charge is -2.26. The van der Waals surface area contributed by atoms with Crippen molar-refractivity contribution < 1.29 is 22.7 Å². The van der Waals surface area contributed by atoms with E-state index in [-0.39, 0.29) is 25.6 Å². The Morgan fingerprint density at radius 3 is 2.61 bits per heavy atom. The van der Waals surface area contributed by atoms with E-state index in [0.29, 0.717) is 0 Å². The standard InChI is InChI=1S/C10H18F3N3O2/c11-10(12,13)8-18-6-3-15-9(17)7-16-4-1-14-2-5-16/h14H,1-8H2,(H,15,17). The highest BCUT2D eigenvalue weighted by atomic mass is 19.4. The molecule has 0 spiro atoms. The molecule has 106 valence electrons. The zero-order chi connectivity index (χ0) is 13.4. The Kier molecular flexibility index (Phi) is 6.37. The first kappa shape index (κ1) is 15.2. The first-order valence-corrected chi connectivity index (χ1v) is 5.81. The molecule has 2 N–H and O–H groups in total. The highest BCUT2D eigenvalue weighted by Gasteiger charge is 2.27. The molecule has 1 fully saturated rings. The normalized spacial score (nSPS) is 17.7. The van der Waals surface area contributed by atoms with E-state index in [0.717, 1.165) is 26.2 Å². The Morgan fingerprint density at radius 2 is 2.00 bits per heavy atom. The Bertz CT molecular complexity index is 255. The molecule has 0 aliphatic carbocycles. The fourth-order valence-electron chi connectivity index (χ4n) is 1.58. The maximum absolute atomic E-state index is 11.7. The van der Waals surface area contributed by atoms with E-state index < -0.39 is 12.8 Å². The van der Waals surface area contributed by atoms with Crippen LogP contribution in [0.25, 0.3) is 0 Å². The van der Waals surface area contributed by atoms with Crippen LogP contribution in [0.4, 0.5) is 13.2 Å². The van der Waals surface area contributed by atoms with Gasteiger partial charge in [-0.3, -0.25) is 9.69 Å². The molecule has 0 saturated carbocycles. The summed E-state index contributed by atoms with van der Waals surface area (Å²) < 4.78 is 39.6. The number of nitrogens with zero attached hydrogens (tertiary/aromatic N) is 1. The summed E-state index contributed by atoms with van der Waals surface area (Å²) >= 11 is 0. The number of halogens is 3. The average Bonchev–Trinajstić information content (AvgIpc) is 2.28. The number of carbonyl (C=O) groups is 1. The van der Waals surface area contributed by atoms with E-state index in [2.05, 4.69) is 15.4 Å². The number of hydrogen-bond acceptors (Lipinski definition) is 4. The van der Waals surface area contributed by atoms with Crippen LogP contribution in [0.5, 0.6) is 0 Å². The van der Waals surface area contributed by atoms with Crippen LogP contribution in [-0.2, 0) is 9.53 Å². The van der Waals surface area contributed by atoms with Gasteiger partial charge in [-0.15, -0.1) is 0 Å². The Labute approximate surface area is 104 Å². The summed E-state index contributed by atoms with van der Waals surface area (Å²) in [6, 6.07) is 0. The fourth-order valence-corrected chi connectivity index (χ4v) is 1.58. The monoisotopic (exact) mass is 269 g/mol. The SMILES string of the molecule is O=C(CN1CCNCC1)NCCOCC(F)(F)F. The molecule has 0 aromatic heterocycles. The predicted octanol–water partition coefficient (Wildman–Crippen LogP) is -0.413. The smallest absolute Gasteiger partial charge is 0.370 e. The molecule has 0 atom stereocenters. The van der Waals surface area contributed by atoms with Crippen molar-refractivity contribution in [2.75, 3.05) is 52.5 Å². The van der Waals surface area contributed by atoms with Crippen molar-refractivity contribution >= 4 is 5.91 Å². The zero-order valence-electron chi connectivity index (χ0n) is 10.1. The number of rotatable bonds is 6. The van der Waals surface area contributed by atoms with E-state index in [9.17, 15) is 18.0 Å².